The molecular weight excluding hydrogens is 1900 g/mol. The highest BCUT2D eigenvalue weighted by atomic mass is 16.8. The van der Waals surface area contributed by atoms with E-state index >= 15 is 0 Å². The zero-order valence-corrected chi connectivity index (χ0v) is 81.2. The number of nitrogens with zero attached hydrogens (tertiary/aromatic N) is 5. The Balaban J connectivity index is 0.000000232. The highest BCUT2D eigenvalue weighted by molar-refractivity contribution is 6.04. The molecule has 8 aliphatic heterocycles. The third kappa shape index (κ3) is 27.3. The Hall–Kier alpha value is -13.4. The predicted octanol–water partition coefficient (Wildman–Crippen LogP) is 0.117. The number of rotatable bonds is 25. The first-order valence-electron chi connectivity index (χ1n) is 45.2. The van der Waals surface area contributed by atoms with E-state index in [4.69, 9.17) is 53.2 Å². The lowest BCUT2D eigenvalue weighted by Crippen LogP contribution is -2.76. The topological polar surface area (TPSA) is 681 Å². The molecule has 2 spiro atoms. The zero-order valence-electron chi connectivity index (χ0n) is 81.2. The Kier molecular flexibility index (Phi) is 40.6. The maximum absolute atomic E-state index is 12.9. The van der Waals surface area contributed by atoms with Gasteiger partial charge in [0.15, 0.2) is 72.9 Å². The summed E-state index contributed by atoms with van der Waals surface area (Å²) >= 11 is 0. The molecule has 0 radical (unpaired) electrons. The molecule has 6 amide bonds. The second kappa shape index (κ2) is 49.8. The second-order valence-electron chi connectivity index (χ2n) is 34.6. The Morgan fingerprint density at radius 2 is 0.690 bits per heavy atom. The third-order valence-electron chi connectivity index (χ3n) is 24.3. The van der Waals surface area contributed by atoms with Gasteiger partial charge in [-0.05, 0) is 159 Å². The van der Waals surface area contributed by atoms with Gasteiger partial charge in [-0.2, -0.15) is 0 Å². The number of aliphatic carboxylic acids is 2. The van der Waals surface area contributed by atoms with Crippen LogP contribution in [0, 0.1) is 0 Å². The Labute approximate surface area is 812 Å². The van der Waals surface area contributed by atoms with Gasteiger partial charge >= 0.3 is 89.5 Å². The number of hydrogen-bond acceptors (Lipinski definition) is 45. The molecular formula is C92H119N5O45. The fourth-order valence-electron chi connectivity index (χ4n) is 17.3. The van der Waals surface area contributed by atoms with Gasteiger partial charge in [0, 0.05) is 134 Å². The fourth-order valence-corrected chi connectivity index (χ4v) is 17.3. The summed E-state index contributed by atoms with van der Waals surface area (Å²) in [6, 6.07) is 7.64. The number of likely N-dealkylation sites (tertiary alicyclic amines) is 2. The molecule has 12 aliphatic rings. The molecule has 7 N–H and O–H groups in total. The Bertz CT molecular complexity index is 5070. The monoisotopic (exact) mass is 2010 g/mol. The molecule has 14 rings (SSSR count). The number of carbonyl (C=O) groups is 22. The number of aliphatic hydroxyl groups is 5. The lowest BCUT2D eigenvalue weighted by molar-refractivity contribution is -0.206. The molecule has 4 bridgehead atoms. The standard InChI is InChI=1S/C26H31NO9.C18H21NO4.2C12H15NO8.C9H11NO6.C8H12O6.C4H8O.C3H6O3/c1-13(33-15(3)29)23(30)34-14(2)24(31)35-18-7-8-26(32)19-11-16-5-6-17(12-28)21-20(16)25(26,22(18)36-21)9-10-27(19)4;1-19-7-6-17-14-10-2-3-11(9-20)15(14)23-16(17)12(21)4-5-18(17,22)13(19)8-10;2*1-6(19-8(3)14)11(17)20-7(2)12(18)21-13-9(15)4-5-10(13)16;1-5(15-6(2)11)9(14)16-10-7(12)3-4-8(10)13;1-4(7(10)11)14-8(12)5(2)13-6(3)9;1-2-4-5-3-1;1-2(4)3(5)6/h5-7,13-14,19,22,28,32H,8-12H2,1-4H3;2-3,13,16,20,22H,4-9H2,1H3;2*6-7H,4-5H2,1-3H3;5H,3-4H2,1-2H3;4-5H,1-3H3,(H,10,11);1-4H2;2,4H,1H3,(H,5,6)/t13-,14-,19+,22-,25-,26+;13-,16+,17+,18-;2*6-,7-;5-;4-,5-;;2-/m010000.0/s1. The van der Waals surface area contributed by atoms with Gasteiger partial charge in [0.1, 0.15) is 23.4 Å². The highest BCUT2D eigenvalue weighted by Crippen LogP contribution is 2.66. The van der Waals surface area contributed by atoms with Gasteiger partial charge in [-0.3, -0.25) is 57.5 Å². The number of carboxylic acid groups (broad SMARTS) is 2. The molecule has 782 valence electrons. The first kappa shape index (κ1) is 116. The minimum absolute atomic E-state index is 0.0219. The van der Waals surface area contributed by atoms with E-state index in [1.165, 1.54) is 89.0 Å². The van der Waals surface area contributed by atoms with Crippen LogP contribution in [0.3, 0.4) is 0 Å². The number of aliphatic hydroxyl groups excluding tert-OH is 3. The molecule has 1 saturated carbocycles. The quantitative estimate of drug-likeness (QED) is 0.0394. The van der Waals surface area contributed by atoms with Crippen LogP contribution < -0.4 is 9.47 Å². The van der Waals surface area contributed by atoms with Crippen LogP contribution in [0.25, 0.3) is 0 Å². The number of hydrogen-bond donors (Lipinski definition) is 7. The van der Waals surface area contributed by atoms with Gasteiger partial charge in [0.2, 0.25) is 0 Å². The van der Waals surface area contributed by atoms with E-state index < -0.39 is 220 Å². The van der Waals surface area contributed by atoms with Crippen molar-refractivity contribution in [1.82, 2.24) is 25.0 Å². The first-order chi connectivity index (χ1) is 66.4. The molecule has 18 atom stereocenters. The normalized spacial score (nSPS) is 24.4. The molecule has 2 aromatic rings. The van der Waals surface area contributed by atoms with Gasteiger partial charge in [-0.15, -0.1) is 15.2 Å². The van der Waals surface area contributed by atoms with E-state index in [0.717, 1.165) is 94.7 Å². The van der Waals surface area contributed by atoms with Crippen molar-refractivity contribution in [3.05, 3.63) is 69.5 Å². The molecule has 4 aliphatic carbocycles. The van der Waals surface area contributed by atoms with E-state index in [0.29, 0.717) is 57.9 Å². The molecule has 8 heterocycles. The summed E-state index contributed by atoms with van der Waals surface area (Å²) in [5.74, 6) is -15.5. The number of carboxylic acids is 2. The van der Waals surface area contributed by atoms with Gasteiger partial charge in [-0.25, -0.2) is 47.9 Å². The number of piperidine rings is 2. The van der Waals surface area contributed by atoms with Crippen LogP contribution in [-0.4, -0.2) is 328 Å². The largest absolute Gasteiger partial charge is 0.481 e. The van der Waals surface area contributed by atoms with E-state index in [1.807, 2.05) is 31.3 Å². The number of likely N-dealkylation sites (N-methyl/N-ethyl adjacent to an activating group) is 2. The van der Waals surface area contributed by atoms with Crippen molar-refractivity contribution >= 4 is 131 Å². The van der Waals surface area contributed by atoms with Crippen molar-refractivity contribution in [3.8, 4) is 11.5 Å². The third-order valence-corrected chi connectivity index (χ3v) is 24.3. The molecule has 0 aromatic heterocycles. The predicted molar refractivity (Wildman–Crippen MR) is 466 cm³/mol. The number of amides is 6. The van der Waals surface area contributed by atoms with Gasteiger partial charge < -0.3 is 122 Å². The van der Waals surface area contributed by atoms with Crippen LogP contribution in [0.1, 0.15) is 221 Å². The lowest BCUT2D eigenvalue weighted by atomic mass is 9.49. The minimum atomic E-state index is -1.36. The summed E-state index contributed by atoms with van der Waals surface area (Å²) in [4.78, 5) is 265. The Morgan fingerprint density at radius 3 is 0.993 bits per heavy atom. The van der Waals surface area contributed by atoms with Gasteiger partial charge in [0.05, 0.1) is 35.2 Å². The summed E-state index contributed by atoms with van der Waals surface area (Å²) < 4.78 is 65.2. The second-order valence-corrected chi connectivity index (χ2v) is 34.6. The minimum Gasteiger partial charge on any atom is -0.481 e. The average Bonchev–Trinajstić information content (AvgIpc) is 1.48. The van der Waals surface area contributed by atoms with Crippen LogP contribution in [0.4, 0.5) is 0 Å². The number of Topliss-reactive ketones (excluding diaryl/α,β-unsaturated/α-hetero) is 1. The number of benzene rings is 2. The zero-order chi connectivity index (χ0) is 107. The molecule has 50 nitrogen and oxygen atoms in total. The van der Waals surface area contributed by atoms with Crippen LogP contribution >= 0.6 is 0 Å². The van der Waals surface area contributed by atoms with E-state index in [9.17, 15) is 126 Å². The van der Waals surface area contributed by atoms with E-state index in [2.05, 4.69) is 55.0 Å². The summed E-state index contributed by atoms with van der Waals surface area (Å²) in [6.07, 6.45) is -5.66. The molecule has 6 saturated heterocycles. The van der Waals surface area contributed by atoms with Gasteiger partial charge in [0.25, 0.3) is 35.4 Å². The van der Waals surface area contributed by atoms with Crippen LogP contribution in [0.2, 0.25) is 0 Å². The SMILES string of the molecule is C1CCOC1.CC(=O)O[C@@H](C)C(=O)ON1C(=O)CCC1=O.CC(=O)O[C@@H](C)C(=O)O[C@@H](C)C(=O)O.CC(=O)O[C@@H](C)C(=O)O[C@@H](C)C(=O)OC1=CC[C@@]2(O)[C@H]3Cc4ccc(CO)c5c4[C@@]2(CCN3C)[C@H]1O5.CC(=O)O[C@@H](C)C(=O)O[C@@H](C)C(=O)ON1C(=O)CCC1=O.CC(=O)O[C@@H](C)C(=O)O[C@@H](C)C(=O)ON1C(=O)CCC1=O.CN1CC[C@]23c4c5ccc(CO)c4O[C@H]2C(=O)CC[C@@]3(O)[C@H]1C5.C[C@H](O)C(=O)O. The molecule has 50 heteroatoms. The fraction of sp³-hybridized carbons (Fsp3) is 0.609. The number of ketones is 1. The molecule has 142 heavy (non-hydrogen) atoms. The smallest absolute Gasteiger partial charge is 0.373 e. The van der Waals surface area contributed by atoms with Crippen molar-refractivity contribution in [2.45, 2.75) is 321 Å². The number of hydroxylamine groups is 6. The maximum Gasteiger partial charge on any atom is 0.373 e. The first-order valence-corrected chi connectivity index (χ1v) is 45.2. The highest BCUT2D eigenvalue weighted by Gasteiger charge is 2.74. The van der Waals surface area contributed by atoms with Crippen molar-refractivity contribution in [2.75, 3.05) is 40.4 Å². The van der Waals surface area contributed by atoms with Crippen molar-refractivity contribution in [2.24, 2.45) is 0 Å². The Morgan fingerprint density at radius 1 is 0.394 bits per heavy atom. The summed E-state index contributed by atoms with van der Waals surface area (Å²) in [5, 5.41) is 68.8. The van der Waals surface area contributed by atoms with Crippen molar-refractivity contribution in [1.29, 1.82) is 0 Å². The van der Waals surface area contributed by atoms with Gasteiger partial charge in [-0.1, -0.05) is 24.3 Å². The van der Waals surface area contributed by atoms with Crippen molar-refractivity contribution < 1.29 is 217 Å². The number of carbonyl (C=O) groups excluding carboxylic acids is 20. The lowest BCUT2D eigenvalue weighted by Gasteiger charge is -2.62. The van der Waals surface area contributed by atoms with E-state index in [-0.39, 0.29) is 81.8 Å². The summed E-state index contributed by atoms with van der Waals surface area (Å²) in [6.45, 7) is 21.6. The molecule has 7 fully saturated rings. The maximum atomic E-state index is 12.9. The van der Waals surface area contributed by atoms with Crippen LogP contribution in [0.15, 0.2) is 36.1 Å². The van der Waals surface area contributed by atoms with Crippen LogP contribution in [0.5, 0.6) is 11.5 Å². The number of ether oxygens (including phenoxy) is 13. The number of imide groups is 3. The van der Waals surface area contributed by atoms with Crippen molar-refractivity contribution in [3.63, 3.8) is 0 Å². The summed E-state index contributed by atoms with van der Waals surface area (Å²) in [5.41, 5.74) is 1.91. The molecule has 0 unspecified atom stereocenters. The van der Waals surface area contributed by atoms with Crippen LogP contribution in [-0.2, 0) is 209 Å². The van der Waals surface area contributed by atoms with E-state index in [1.54, 1.807) is 6.08 Å². The average molecular weight is 2010 g/mol. The molecule has 2 aromatic carbocycles. The number of esters is 10. The summed E-state index contributed by atoms with van der Waals surface area (Å²) in [7, 11) is 4.06.